The van der Waals surface area contributed by atoms with E-state index >= 15 is 0 Å². The van der Waals surface area contributed by atoms with Crippen LogP contribution in [0.15, 0.2) is 36.8 Å². The lowest BCUT2D eigenvalue weighted by molar-refractivity contribution is -0.155. The van der Waals surface area contributed by atoms with E-state index in [0.29, 0.717) is 23.7 Å². The number of anilines is 2. The van der Waals surface area contributed by atoms with Crippen molar-refractivity contribution in [2.24, 2.45) is 0 Å². The first-order valence-corrected chi connectivity index (χ1v) is 9.08. The van der Waals surface area contributed by atoms with Gasteiger partial charge < -0.3 is 25.4 Å². The molecule has 3 N–H and O–H groups in total. The summed E-state index contributed by atoms with van der Waals surface area (Å²) in [6.45, 7) is 5.40. The first-order valence-electron chi connectivity index (χ1n) is 9.08. The lowest BCUT2D eigenvalue weighted by Gasteiger charge is -2.25. The van der Waals surface area contributed by atoms with Crippen LogP contribution in [0.4, 0.5) is 16.3 Å². The third-order valence-corrected chi connectivity index (χ3v) is 3.68. The number of ether oxygens (including phenoxy) is 2. The van der Waals surface area contributed by atoms with Crippen molar-refractivity contribution in [1.29, 1.82) is 0 Å². The number of aromatic nitrogens is 2. The van der Waals surface area contributed by atoms with E-state index in [1.165, 1.54) is 17.4 Å². The Morgan fingerprint density at radius 2 is 1.86 bits per heavy atom. The predicted molar refractivity (Wildman–Crippen MR) is 110 cm³/mol. The highest BCUT2D eigenvalue weighted by molar-refractivity contribution is 5.81. The molecule has 29 heavy (non-hydrogen) atoms. The minimum atomic E-state index is -0.721. The second-order valence-corrected chi connectivity index (χ2v) is 7.67. The maximum atomic E-state index is 12.7. The highest BCUT2D eigenvalue weighted by atomic mass is 16.6. The molecule has 0 unspecified atom stereocenters. The van der Waals surface area contributed by atoms with Gasteiger partial charge in [-0.1, -0.05) is 12.1 Å². The number of nitrogens with one attached hydrogen (secondary N) is 1. The molecule has 0 bridgehead atoms. The molecule has 156 valence electrons. The van der Waals surface area contributed by atoms with Crippen LogP contribution in [0.5, 0.6) is 5.75 Å². The molecule has 0 aliphatic rings. The summed E-state index contributed by atoms with van der Waals surface area (Å²) < 4.78 is 10.7. The van der Waals surface area contributed by atoms with Crippen LogP contribution in [0, 0.1) is 0 Å². The van der Waals surface area contributed by atoms with E-state index < -0.39 is 23.7 Å². The SMILES string of the molecule is CN(C)C(=O)Oc1ccc(C[C@H](Nc2ncncc2N)C(=O)OC(C)(C)C)cc1. The van der Waals surface area contributed by atoms with E-state index in [4.69, 9.17) is 15.2 Å². The zero-order chi connectivity index (χ0) is 21.6. The number of hydrogen-bond donors (Lipinski definition) is 2. The van der Waals surface area contributed by atoms with Crippen molar-refractivity contribution in [2.75, 3.05) is 25.1 Å². The van der Waals surface area contributed by atoms with Crippen LogP contribution in [0.25, 0.3) is 0 Å². The smallest absolute Gasteiger partial charge is 0.414 e. The molecule has 1 aromatic heterocycles. The van der Waals surface area contributed by atoms with E-state index in [-0.39, 0.29) is 0 Å². The summed E-state index contributed by atoms with van der Waals surface area (Å²) in [5, 5.41) is 3.04. The summed E-state index contributed by atoms with van der Waals surface area (Å²) in [6.07, 6.45) is 2.65. The second-order valence-electron chi connectivity index (χ2n) is 7.67. The quantitative estimate of drug-likeness (QED) is 0.709. The molecule has 0 aliphatic heterocycles. The molecule has 0 radical (unpaired) electrons. The predicted octanol–water partition coefficient (Wildman–Crippen LogP) is 2.48. The van der Waals surface area contributed by atoms with Crippen molar-refractivity contribution in [2.45, 2.75) is 38.8 Å². The van der Waals surface area contributed by atoms with Crippen LogP contribution >= 0.6 is 0 Å². The normalized spacial score (nSPS) is 12.0. The van der Waals surface area contributed by atoms with Crippen LogP contribution in [-0.2, 0) is 16.0 Å². The van der Waals surface area contributed by atoms with Gasteiger partial charge in [0.1, 0.15) is 23.7 Å². The van der Waals surface area contributed by atoms with Crippen LogP contribution in [0.1, 0.15) is 26.3 Å². The van der Waals surface area contributed by atoms with Gasteiger partial charge in [0.05, 0.1) is 11.9 Å². The molecular formula is C20H27N5O4. The van der Waals surface area contributed by atoms with Gasteiger partial charge in [0, 0.05) is 20.5 Å². The van der Waals surface area contributed by atoms with Gasteiger partial charge >= 0.3 is 12.1 Å². The monoisotopic (exact) mass is 401 g/mol. The molecule has 0 saturated carbocycles. The lowest BCUT2D eigenvalue weighted by atomic mass is 10.1. The van der Waals surface area contributed by atoms with Crippen molar-refractivity contribution in [3.63, 3.8) is 0 Å². The standard InChI is InChI=1S/C20H27N5O4/c1-20(2,3)29-18(26)16(24-17-15(21)11-22-12-23-17)10-13-6-8-14(9-7-13)28-19(27)25(4)5/h6-9,11-12,16H,10,21H2,1-5H3,(H,22,23,24)/t16-/m0/s1. The third-order valence-electron chi connectivity index (χ3n) is 3.68. The fraction of sp³-hybridized carbons (Fsp3) is 0.400. The molecular weight excluding hydrogens is 374 g/mol. The van der Waals surface area contributed by atoms with Crippen molar-refractivity contribution in [3.05, 3.63) is 42.4 Å². The van der Waals surface area contributed by atoms with E-state index in [2.05, 4.69) is 15.3 Å². The summed E-state index contributed by atoms with van der Waals surface area (Å²) in [4.78, 5) is 33.6. The van der Waals surface area contributed by atoms with Crippen LogP contribution in [0.3, 0.4) is 0 Å². The number of carbonyl (C=O) groups is 2. The minimum absolute atomic E-state index is 0.320. The van der Waals surface area contributed by atoms with Gasteiger partial charge in [0.25, 0.3) is 0 Å². The highest BCUT2D eigenvalue weighted by Gasteiger charge is 2.26. The zero-order valence-corrected chi connectivity index (χ0v) is 17.3. The second kappa shape index (κ2) is 9.22. The Bertz CT molecular complexity index is 847. The molecule has 1 heterocycles. The number of nitrogen functional groups attached to an aromatic ring is 1. The minimum Gasteiger partial charge on any atom is -0.458 e. The Morgan fingerprint density at radius 1 is 1.21 bits per heavy atom. The first kappa shape index (κ1) is 21.9. The lowest BCUT2D eigenvalue weighted by Crippen LogP contribution is -2.38. The molecule has 9 heteroatoms. The molecule has 1 aromatic carbocycles. The first-order chi connectivity index (χ1) is 13.5. The largest absolute Gasteiger partial charge is 0.458 e. The Hall–Kier alpha value is -3.36. The summed E-state index contributed by atoms with van der Waals surface area (Å²) in [6, 6.07) is 6.17. The molecule has 1 amide bonds. The number of esters is 1. The number of hydrogen-bond acceptors (Lipinski definition) is 8. The Morgan fingerprint density at radius 3 is 2.41 bits per heavy atom. The molecule has 1 atom stereocenters. The van der Waals surface area contributed by atoms with Gasteiger partial charge in [0.2, 0.25) is 0 Å². The average Bonchev–Trinajstić information content (AvgIpc) is 2.62. The van der Waals surface area contributed by atoms with Gasteiger partial charge in [-0.05, 0) is 38.5 Å². The molecule has 0 saturated heterocycles. The molecule has 0 aliphatic carbocycles. The summed E-state index contributed by atoms with van der Waals surface area (Å²) in [5.41, 5.74) is 6.41. The number of benzene rings is 1. The summed E-state index contributed by atoms with van der Waals surface area (Å²) in [7, 11) is 3.21. The van der Waals surface area contributed by atoms with Crippen LogP contribution in [0.2, 0.25) is 0 Å². The Kier molecular flexibility index (Phi) is 6.98. The van der Waals surface area contributed by atoms with Crippen molar-refractivity contribution in [1.82, 2.24) is 14.9 Å². The van der Waals surface area contributed by atoms with E-state index in [1.807, 2.05) is 0 Å². The molecule has 2 aromatic rings. The number of carbonyl (C=O) groups excluding carboxylic acids is 2. The molecule has 0 fully saturated rings. The fourth-order valence-electron chi connectivity index (χ4n) is 2.31. The van der Waals surface area contributed by atoms with Crippen LogP contribution in [-0.4, -0.2) is 52.7 Å². The van der Waals surface area contributed by atoms with E-state index in [9.17, 15) is 9.59 Å². The van der Waals surface area contributed by atoms with Crippen LogP contribution < -0.4 is 15.8 Å². The maximum absolute atomic E-state index is 12.7. The molecule has 2 rings (SSSR count). The van der Waals surface area contributed by atoms with Gasteiger partial charge in [0.15, 0.2) is 5.82 Å². The van der Waals surface area contributed by atoms with Gasteiger partial charge in [-0.3, -0.25) is 0 Å². The summed E-state index contributed by atoms with van der Waals surface area (Å²) >= 11 is 0. The van der Waals surface area contributed by atoms with Gasteiger partial charge in [-0.2, -0.15) is 0 Å². The van der Waals surface area contributed by atoms with Crippen molar-refractivity contribution < 1.29 is 19.1 Å². The summed E-state index contributed by atoms with van der Waals surface area (Å²) in [5.74, 6) is 0.334. The Balaban J connectivity index is 2.17. The van der Waals surface area contributed by atoms with E-state index in [0.717, 1.165) is 5.56 Å². The number of rotatable bonds is 6. The number of nitrogens with zero attached hydrogens (tertiary/aromatic N) is 3. The van der Waals surface area contributed by atoms with Crippen molar-refractivity contribution in [3.8, 4) is 5.75 Å². The topological polar surface area (TPSA) is 120 Å². The highest BCUT2D eigenvalue weighted by Crippen LogP contribution is 2.20. The third kappa shape index (κ3) is 6.95. The molecule has 9 nitrogen and oxygen atoms in total. The fourth-order valence-corrected chi connectivity index (χ4v) is 2.31. The van der Waals surface area contributed by atoms with Gasteiger partial charge in [-0.15, -0.1) is 0 Å². The number of nitrogens with two attached hydrogens (primary N) is 1. The number of amides is 1. The van der Waals surface area contributed by atoms with E-state index in [1.54, 1.807) is 59.1 Å². The Labute approximate surface area is 170 Å². The molecule has 0 spiro atoms. The zero-order valence-electron chi connectivity index (χ0n) is 17.3. The van der Waals surface area contributed by atoms with Crippen molar-refractivity contribution >= 4 is 23.6 Å². The maximum Gasteiger partial charge on any atom is 0.414 e. The van der Waals surface area contributed by atoms with Gasteiger partial charge in [-0.25, -0.2) is 19.6 Å². The average molecular weight is 401 g/mol.